The van der Waals surface area contributed by atoms with Crippen molar-refractivity contribution in [2.75, 3.05) is 0 Å². The van der Waals surface area contributed by atoms with Gasteiger partial charge in [0.05, 0.1) is 0 Å². The minimum absolute atomic E-state index is 1.21. The molecule has 0 amide bonds. The summed E-state index contributed by atoms with van der Waals surface area (Å²) in [4.78, 5) is 2.91. The molecule has 29 heavy (non-hydrogen) atoms. The van der Waals surface area contributed by atoms with Gasteiger partial charge in [0.2, 0.25) is 0 Å². The number of aryl methyl sites for hydroxylation is 2. The predicted octanol–water partition coefficient (Wildman–Crippen LogP) is 9.33. The van der Waals surface area contributed by atoms with Gasteiger partial charge in [-0.15, -0.1) is 11.3 Å². The first-order valence-electron chi connectivity index (χ1n) is 11.6. The van der Waals surface area contributed by atoms with Gasteiger partial charge >= 0.3 is 0 Å². The van der Waals surface area contributed by atoms with Crippen LogP contribution in [0.3, 0.4) is 0 Å². The molecule has 2 aromatic carbocycles. The highest BCUT2D eigenvalue weighted by atomic mass is 32.1. The fourth-order valence-electron chi connectivity index (χ4n) is 3.84. The molecule has 0 atom stereocenters. The normalized spacial score (nSPS) is 11.1. The lowest BCUT2D eigenvalue weighted by Gasteiger charge is -2.06. The summed E-state index contributed by atoms with van der Waals surface area (Å²) in [6, 6.07) is 22.9. The molecule has 3 aromatic rings. The minimum Gasteiger partial charge on any atom is -0.140 e. The van der Waals surface area contributed by atoms with Gasteiger partial charge in [0, 0.05) is 9.75 Å². The second kappa shape index (κ2) is 12.0. The second-order valence-corrected chi connectivity index (χ2v) is 9.33. The van der Waals surface area contributed by atoms with E-state index in [0.717, 1.165) is 0 Å². The quantitative estimate of drug-likeness (QED) is 0.264. The van der Waals surface area contributed by atoms with Crippen molar-refractivity contribution in [3.05, 3.63) is 71.1 Å². The van der Waals surface area contributed by atoms with Crippen LogP contribution >= 0.6 is 11.3 Å². The van der Waals surface area contributed by atoms with Crippen molar-refractivity contribution in [1.82, 2.24) is 0 Å². The summed E-state index contributed by atoms with van der Waals surface area (Å²) >= 11 is 1.95. The molecule has 3 rings (SSSR count). The summed E-state index contributed by atoms with van der Waals surface area (Å²) in [6.45, 7) is 4.54. The van der Waals surface area contributed by atoms with Gasteiger partial charge in [-0.2, -0.15) is 0 Å². The summed E-state index contributed by atoms with van der Waals surface area (Å²) in [5.41, 5.74) is 5.43. The van der Waals surface area contributed by atoms with E-state index in [9.17, 15) is 0 Å². The zero-order chi connectivity index (χ0) is 20.3. The van der Waals surface area contributed by atoms with Crippen LogP contribution in [0.2, 0.25) is 0 Å². The summed E-state index contributed by atoms with van der Waals surface area (Å²) in [7, 11) is 0. The molecule has 1 aromatic heterocycles. The molecule has 0 unspecified atom stereocenters. The number of unbranched alkanes of at least 4 members (excludes halogenated alkanes) is 6. The molecular weight excluding hydrogens is 368 g/mol. The molecular formula is C28H36S. The highest BCUT2D eigenvalue weighted by molar-refractivity contribution is 7.15. The number of benzene rings is 2. The maximum absolute atomic E-state index is 2.31. The molecule has 0 N–H and O–H groups in total. The van der Waals surface area contributed by atoms with Gasteiger partial charge in [0.15, 0.2) is 0 Å². The standard InChI is InChI=1S/C28H36S/c1-3-5-7-8-10-11-23-13-15-24(16-14-23)25-17-19-26(20-18-25)28-22-21-27(29-28)12-9-6-4-2/h13-22H,3-12H2,1-2H3. The van der Waals surface area contributed by atoms with Crippen molar-refractivity contribution < 1.29 is 0 Å². The summed E-state index contributed by atoms with van der Waals surface area (Å²) in [5, 5.41) is 0. The topological polar surface area (TPSA) is 0 Å². The molecule has 0 aliphatic rings. The largest absolute Gasteiger partial charge is 0.140 e. The molecule has 0 aliphatic heterocycles. The smallest absolute Gasteiger partial charge is 0.0345 e. The van der Waals surface area contributed by atoms with Gasteiger partial charge < -0.3 is 0 Å². The number of hydrogen-bond acceptors (Lipinski definition) is 1. The maximum Gasteiger partial charge on any atom is 0.0345 e. The first-order valence-corrected chi connectivity index (χ1v) is 12.4. The van der Waals surface area contributed by atoms with Crippen molar-refractivity contribution in [3.63, 3.8) is 0 Å². The zero-order valence-corrected chi connectivity index (χ0v) is 19.1. The van der Waals surface area contributed by atoms with Gasteiger partial charge in [-0.1, -0.05) is 101 Å². The third-order valence-electron chi connectivity index (χ3n) is 5.71. The van der Waals surface area contributed by atoms with Crippen LogP contribution in [0, 0.1) is 0 Å². The van der Waals surface area contributed by atoms with Gasteiger partial charge in [0.1, 0.15) is 0 Å². The molecule has 1 heteroatoms. The van der Waals surface area contributed by atoms with Crippen LogP contribution in [0.4, 0.5) is 0 Å². The Labute approximate surface area is 182 Å². The molecule has 0 spiro atoms. The van der Waals surface area contributed by atoms with Crippen LogP contribution < -0.4 is 0 Å². The summed E-state index contributed by atoms with van der Waals surface area (Å²) in [6.07, 6.45) is 13.1. The van der Waals surface area contributed by atoms with E-state index in [1.807, 2.05) is 11.3 Å². The molecule has 0 fully saturated rings. The number of rotatable bonds is 12. The van der Waals surface area contributed by atoms with Crippen LogP contribution in [0.5, 0.6) is 0 Å². The average Bonchev–Trinajstić information content (AvgIpc) is 3.23. The van der Waals surface area contributed by atoms with Crippen molar-refractivity contribution >= 4 is 11.3 Å². The van der Waals surface area contributed by atoms with Crippen LogP contribution in [-0.4, -0.2) is 0 Å². The van der Waals surface area contributed by atoms with Crippen LogP contribution in [0.1, 0.15) is 75.7 Å². The number of hydrogen-bond donors (Lipinski definition) is 0. The molecule has 0 radical (unpaired) electrons. The van der Waals surface area contributed by atoms with Gasteiger partial charge in [-0.3, -0.25) is 0 Å². The average molecular weight is 405 g/mol. The van der Waals surface area contributed by atoms with Gasteiger partial charge in [-0.25, -0.2) is 0 Å². The third kappa shape index (κ3) is 6.85. The SMILES string of the molecule is CCCCCCCc1ccc(-c2ccc(-c3ccc(CCCCC)s3)cc2)cc1. The van der Waals surface area contributed by atoms with Crippen molar-refractivity contribution in [2.45, 2.75) is 78.1 Å². The molecule has 0 nitrogen and oxygen atoms in total. The van der Waals surface area contributed by atoms with E-state index >= 15 is 0 Å². The molecule has 0 bridgehead atoms. The molecule has 0 aliphatic carbocycles. The van der Waals surface area contributed by atoms with E-state index in [-0.39, 0.29) is 0 Å². The molecule has 154 valence electrons. The predicted molar refractivity (Wildman–Crippen MR) is 131 cm³/mol. The van der Waals surface area contributed by atoms with E-state index in [0.29, 0.717) is 0 Å². The van der Waals surface area contributed by atoms with E-state index < -0.39 is 0 Å². The van der Waals surface area contributed by atoms with E-state index in [4.69, 9.17) is 0 Å². The van der Waals surface area contributed by atoms with Crippen molar-refractivity contribution in [1.29, 1.82) is 0 Å². The Morgan fingerprint density at radius 3 is 1.76 bits per heavy atom. The fraction of sp³-hybridized carbons (Fsp3) is 0.429. The van der Waals surface area contributed by atoms with E-state index in [2.05, 4.69) is 74.5 Å². The first kappa shape index (κ1) is 21.8. The fourth-order valence-corrected chi connectivity index (χ4v) is 4.90. The van der Waals surface area contributed by atoms with E-state index in [1.165, 1.54) is 96.2 Å². The second-order valence-electron chi connectivity index (χ2n) is 8.16. The lowest BCUT2D eigenvalue weighted by atomic mass is 10.00. The zero-order valence-electron chi connectivity index (χ0n) is 18.3. The Hall–Kier alpha value is -1.86. The third-order valence-corrected chi connectivity index (χ3v) is 6.91. The monoisotopic (exact) mass is 404 g/mol. The van der Waals surface area contributed by atoms with Crippen molar-refractivity contribution in [3.8, 4) is 21.6 Å². The minimum atomic E-state index is 1.21. The highest BCUT2D eigenvalue weighted by Gasteiger charge is 2.05. The van der Waals surface area contributed by atoms with Gasteiger partial charge in [-0.05, 0) is 60.1 Å². The Morgan fingerprint density at radius 1 is 0.517 bits per heavy atom. The number of thiophene rings is 1. The Kier molecular flexibility index (Phi) is 9.02. The molecule has 0 saturated carbocycles. The Morgan fingerprint density at radius 2 is 1.07 bits per heavy atom. The Bertz CT molecular complexity index is 824. The summed E-state index contributed by atoms with van der Waals surface area (Å²) in [5.74, 6) is 0. The van der Waals surface area contributed by atoms with Crippen LogP contribution in [0.25, 0.3) is 21.6 Å². The van der Waals surface area contributed by atoms with E-state index in [1.54, 1.807) is 0 Å². The molecule has 1 heterocycles. The lowest BCUT2D eigenvalue weighted by Crippen LogP contribution is -1.87. The first-order chi connectivity index (χ1) is 14.3. The Balaban J connectivity index is 1.56. The van der Waals surface area contributed by atoms with Gasteiger partial charge in [0.25, 0.3) is 0 Å². The van der Waals surface area contributed by atoms with Crippen LogP contribution in [-0.2, 0) is 12.8 Å². The van der Waals surface area contributed by atoms with Crippen molar-refractivity contribution in [2.24, 2.45) is 0 Å². The highest BCUT2D eigenvalue weighted by Crippen LogP contribution is 2.31. The molecule has 0 saturated heterocycles. The maximum atomic E-state index is 2.31. The summed E-state index contributed by atoms with van der Waals surface area (Å²) < 4.78 is 0. The lowest BCUT2D eigenvalue weighted by molar-refractivity contribution is 0.632. The van der Waals surface area contributed by atoms with Crippen LogP contribution in [0.15, 0.2) is 60.7 Å².